The number of hydrogen-bond donors (Lipinski definition) is 2. The maximum absolute atomic E-state index is 9.65. The van der Waals surface area contributed by atoms with Crippen LogP contribution in [-0.4, -0.2) is 5.54 Å². The second kappa shape index (κ2) is 5.92. The molecular formula is C19H21N3. The molecule has 3 nitrogen and oxygen atoms in total. The second-order valence-electron chi connectivity index (χ2n) is 6.16. The molecule has 2 aromatic carbocycles. The third kappa shape index (κ3) is 2.64. The molecule has 0 bridgehead atoms. The van der Waals surface area contributed by atoms with E-state index in [2.05, 4.69) is 42.6 Å². The summed E-state index contributed by atoms with van der Waals surface area (Å²) in [4.78, 5) is 0. The van der Waals surface area contributed by atoms with Gasteiger partial charge in [-0.25, -0.2) is 0 Å². The minimum Gasteiger partial charge on any atom is -0.313 e. The van der Waals surface area contributed by atoms with Crippen LogP contribution in [0.5, 0.6) is 0 Å². The van der Waals surface area contributed by atoms with Crippen LogP contribution in [0.3, 0.4) is 0 Å². The molecule has 22 heavy (non-hydrogen) atoms. The average molecular weight is 291 g/mol. The summed E-state index contributed by atoms with van der Waals surface area (Å²) < 4.78 is 0. The summed E-state index contributed by atoms with van der Waals surface area (Å²) in [5, 5.41) is 13.3. The van der Waals surface area contributed by atoms with Crippen LogP contribution in [0, 0.1) is 17.2 Å². The Labute approximate surface area is 131 Å². The van der Waals surface area contributed by atoms with E-state index in [1.54, 1.807) is 0 Å². The number of nitrogens with two attached hydrogens (primary N) is 1. The normalized spacial score (nSPS) is 31.4. The number of benzene rings is 2. The smallest absolute Gasteiger partial charge is 0.110 e. The Morgan fingerprint density at radius 2 is 1.59 bits per heavy atom. The lowest BCUT2D eigenvalue weighted by Gasteiger charge is -2.45. The molecule has 0 aliphatic carbocycles. The molecule has 1 fully saturated rings. The van der Waals surface area contributed by atoms with E-state index in [9.17, 15) is 5.26 Å². The van der Waals surface area contributed by atoms with Gasteiger partial charge in [0.15, 0.2) is 0 Å². The standard InChI is InChI=1S/C19H21N3/c1-14-18(16-10-6-3-7-11-16)22-17(12-19(14,21)13-20)15-8-4-2-5-9-15/h2-11,14,17-18,22H,12,21H2,1H3/t14-,17-,18+,19+/m0/s1. The molecular weight excluding hydrogens is 270 g/mol. The van der Waals surface area contributed by atoms with Crippen molar-refractivity contribution in [1.29, 1.82) is 5.26 Å². The molecule has 1 aliphatic heterocycles. The molecule has 0 spiro atoms. The summed E-state index contributed by atoms with van der Waals surface area (Å²) in [6, 6.07) is 23.0. The van der Waals surface area contributed by atoms with Crippen molar-refractivity contribution in [2.24, 2.45) is 11.7 Å². The van der Waals surface area contributed by atoms with Gasteiger partial charge in [0.1, 0.15) is 5.54 Å². The van der Waals surface area contributed by atoms with Crippen molar-refractivity contribution in [1.82, 2.24) is 5.32 Å². The fraction of sp³-hybridized carbons (Fsp3) is 0.316. The molecule has 1 saturated heterocycles. The topological polar surface area (TPSA) is 61.8 Å². The number of nitrogens with zero attached hydrogens (tertiary/aromatic N) is 1. The highest BCUT2D eigenvalue weighted by Gasteiger charge is 2.45. The summed E-state index contributed by atoms with van der Waals surface area (Å²) in [6.07, 6.45) is 0.623. The fourth-order valence-corrected chi connectivity index (χ4v) is 3.33. The summed E-state index contributed by atoms with van der Waals surface area (Å²) in [5.74, 6) is 0.0415. The lowest BCUT2D eigenvalue weighted by atomic mass is 9.71. The van der Waals surface area contributed by atoms with Crippen LogP contribution in [0.2, 0.25) is 0 Å². The first-order chi connectivity index (χ1) is 10.6. The molecule has 3 heteroatoms. The second-order valence-corrected chi connectivity index (χ2v) is 6.16. The lowest BCUT2D eigenvalue weighted by Crippen LogP contribution is -2.56. The molecule has 1 aliphatic rings. The number of hydrogen-bond acceptors (Lipinski definition) is 3. The zero-order valence-electron chi connectivity index (χ0n) is 12.7. The molecule has 0 unspecified atom stereocenters. The third-order valence-electron chi connectivity index (χ3n) is 4.80. The average Bonchev–Trinajstić information content (AvgIpc) is 2.59. The first-order valence-electron chi connectivity index (χ1n) is 7.70. The van der Waals surface area contributed by atoms with E-state index in [0.717, 1.165) is 0 Å². The van der Waals surface area contributed by atoms with Crippen LogP contribution >= 0.6 is 0 Å². The highest BCUT2D eigenvalue weighted by Crippen LogP contribution is 2.41. The van der Waals surface area contributed by atoms with E-state index < -0.39 is 5.54 Å². The largest absolute Gasteiger partial charge is 0.313 e. The van der Waals surface area contributed by atoms with Gasteiger partial charge in [0.05, 0.1) is 6.07 Å². The number of rotatable bonds is 2. The monoisotopic (exact) mass is 291 g/mol. The maximum Gasteiger partial charge on any atom is 0.110 e. The van der Waals surface area contributed by atoms with Gasteiger partial charge in [0, 0.05) is 18.0 Å². The summed E-state index contributed by atoms with van der Waals surface area (Å²) >= 11 is 0. The molecule has 3 N–H and O–H groups in total. The van der Waals surface area contributed by atoms with Crippen molar-refractivity contribution in [2.45, 2.75) is 31.0 Å². The third-order valence-corrected chi connectivity index (χ3v) is 4.80. The first-order valence-corrected chi connectivity index (χ1v) is 7.70. The minimum absolute atomic E-state index is 0.0415. The molecule has 1 heterocycles. The number of nitriles is 1. The molecule has 0 saturated carbocycles. The van der Waals surface area contributed by atoms with Crippen LogP contribution in [0.4, 0.5) is 0 Å². The highest BCUT2D eigenvalue weighted by atomic mass is 15.0. The van der Waals surface area contributed by atoms with Crippen LogP contribution in [0.1, 0.15) is 36.6 Å². The number of piperidine rings is 1. The molecule has 4 atom stereocenters. The lowest BCUT2D eigenvalue weighted by molar-refractivity contribution is 0.170. The first kappa shape index (κ1) is 14.8. The molecule has 0 amide bonds. The van der Waals surface area contributed by atoms with Gasteiger partial charge in [-0.1, -0.05) is 67.6 Å². The van der Waals surface area contributed by atoms with Gasteiger partial charge >= 0.3 is 0 Å². The van der Waals surface area contributed by atoms with E-state index in [4.69, 9.17) is 5.73 Å². The summed E-state index contributed by atoms with van der Waals surface area (Å²) in [7, 11) is 0. The summed E-state index contributed by atoms with van der Waals surface area (Å²) in [5.41, 5.74) is 7.99. The Balaban J connectivity index is 1.98. The van der Waals surface area contributed by atoms with Gasteiger partial charge in [-0.3, -0.25) is 0 Å². The van der Waals surface area contributed by atoms with Crippen molar-refractivity contribution in [3.05, 3.63) is 71.8 Å². The zero-order valence-corrected chi connectivity index (χ0v) is 12.7. The van der Waals surface area contributed by atoms with Gasteiger partial charge in [-0.15, -0.1) is 0 Å². The highest BCUT2D eigenvalue weighted by molar-refractivity contribution is 5.29. The van der Waals surface area contributed by atoms with Crippen LogP contribution in [0.25, 0.3) is 0 Å². The van der Waals surface area contributed by atoms with Crippen molar-refractivity contribution in [3.63, 3.8) is 0 Å². The Bertz CT molecular complexity index is 662. The fourth-order valence-electron chi connectivity index (χ4n) is 3.33. The van der Waals surface area contributed by atoms with E-state index >= 15 is 0 Å². The molecule has 0 aromatic heterocycles. The number of nitrogens with one attached hydrogen (secondary N) is 1. The molecule has 112 valence electrons. The van der Waals surface area contributed by atoms with E-state index in [1.165, 1.54) is 11.1 Å². The Kier molecular flexibility index (Phi) is 3.98. The Morgan fingerprint density at radius 3 is 2.14 bits per heavy atom. The van der Waals surface area contributed by atoms with Gasteiger partial charge in [0.2, 0.25) is 0 Å². The molecule has 3 rings (SSSR count). The van der Waals surface area contributed by atoms with Gasteiger partial charge in [0.25, 0.3) is 0 Å². The SMILES string of the molecule is C[C@H]1[C@H](c2ccccc2)N[C@H](c2ccccc2)C[C@@]1(N)C#N. The van der Waals surface area contributed by atoms with Crippen molar-refractivity contribution < 1.29 is 0 Å². The molecule has 2 aromatic rings. The predicted octanol–water partition coefficient (Wildman–Crippen LogP) is 3.32. The predicted molar refractivity (Wildman–Crippen MR) is 87.8 cm³/mol. The van der Waals surface area contributed by atoms with E-state index in [0.29, 0.717) is 6.42 Å². The van der Waals surface area contributed by atoms with Crippen LogP contribution < -0.4 is 11.1 Å². The quantitative estimate of drug-likeness (QED) is 0.892. The minimum atomic E-state index is -0.827. The van der Waals surface area contributed by atoms with Gasteiger partial charge < -0.3 is 11.1 Å². The van der Waals surface area contributed by atoms with Gasteiger partial charge in [-0.2, -0.15) is 5.26 Å². The summed E-state index contributed by atoms with van der Waals surface area (Å²) in [6.45, 7) is 2.06. The van der Waals surface area contributed by atoms with Crippen molar-refractivity contribution in [3.8, 4) is 6.07 Å². The van der Waals surface area contributed by atoms with E-state index in [1.807, 2.05) is 36.4 Å². The molecule has 0 radical (unpaired) electrons. The van der Waals surface area contributed by atoms with Crippen molar-refractivity contribution >= 4 is 0 Å². The van der Waals surface area contributed by atoms with Gasteiger partial charge in [-0.05, 0) is 17.5 Å². The van der Waals surface area contributed by atoms with Crippen LogP contribution in [0.15, 0.2) is 60.7 Å². The Morgan fingerprint density at radius 1 is 1.05 bits per heavy atom. The van der Waals surface area contributed by atoms with Crippen molar-refractivity contribution in [2.75, 3.05) is 0 Å². The Hall–Kier alpha value is -2.15. The van der Waals surface area contributed by atoms with Crippen LogP contribution in [-0.2, 0) is 0 Å². The maximum atomic E-state index is 9.65. The van der Waals surface area contributed by atoms with E-state index in [-0.39, 0.29) is 18.0 Å². The zero-order chi connectivity index (χ0) is 15.6.